The van der Waals surface area contributed by atoms with Crippen molar-refractivity contribution in [1.29, 1.82) is 0 Å². The zero-order chi connectivity index (χ0) is 13.1. The third kappa shape index (κ3) is 3.17. The van der Waals surface area contributed by atoms with E-state index in [9.17, 15) is 4.39 Å². The lowest BCUT2D eigenvalue weighted by Gasteiger charge is -2.29. The Balaban J connectivity index is 2.15. The van der Waals surface area contributed by atoms with Crippen LogP contribution in [-0.4, -0.2) is 23.7 Å². The van der Waals surface area contributed by atoms with Gasteiger partial charge in [-0.3, -0.25) is 0 Å². The van der Waals surface area contributed by atoms with Gasteiger partial charge in [-0.1, -0.05) is 12.2 Å². The van der Waals surface area contributed by atoms with Gasteiger partial charge in [-0.15, -0.1) is 0 Å². The lowest BCUT2D eigenvalue weighted by atomic mass is 10.0. The van der Waals surface area contributed by atoms with E-state index < -0.39 is 0 Å². The average molecular weight is 268 g/mol. The highest BCUT2D eigenvalue weighted by Crippen LogP contribution is 2.22. The third-order valence-electron chi connectivity index (χ3n) is 3.09. The number of rotatable bonds is 3. The highest BCUT2D eigenvalue weighted by Gasteiger charge is 2.20. The van der Waals surface area contributed by atoms with Crippen LogP contribution in [0.2, 0.25) is 0 Å². The van der Waals surface area contributed by atoms with E-state index in [-0.39, 0.29) is 16.9 Å². The number of ether oxygens (including phenoxy) is 1. The minimum absolute atomic E-state index is 0.206. The molecule has 1 aromatic carbocycles. The molecule has 1 saturated heterocycles. The average Bonchev–Trinajstić information content (AvgIpc) is 2.31. The van der Waals surface area contributed by atoms with E-state index in [1.54, 1.807) is 6.07 Å². The Hall–Kier alpha value is -1.20. The van der Waals surface area contributed by atoms with Crippen LogP contribution < -0.4 is 11.1 Å². The van der Waals surface area contributed by atoms with Gasteiger partial charge in [0.1, 0.15) is 10.8 Å². The molecule has 0 aromatic heterocycles. The van der Waals surface area contributed by atoms with E-state index in [4.69, 9.17) is 22.7 Å². The lowest BCUT2D eigenvalue weighted by molar-refractivity contribution is 0.0232. The first-order chi connectivity index (χ1) is 8.56. The number of benzene rings is 1. The molecule has 18 heavy (non-hydrogen) atoms. The molecule has 0 saturated carbocycles. The van der Waals surface area contributed by atoms with Crippen LogP contribution >= 0.6 is 12.2 Å². The largest absolute Gasteiger partial charge is 0.389 e. The molecule has 5 heteroatoms. The van der Waals surface area contributed by atoms with Gasteiger partial charge in [0.2, 0.25) is 0 Å². The summed E-state index contributed by atoms with van der Waals surface area (Å²) in [6, 6.07) is 4.77. The number of halogens is 1. The van der Waals surface area contributed by atoms with E-state index in [0.717, 1.165) is 25.1 Å². The van der Waals surface area contributed by atoms with E-state index in [2.05, 4.69) is 5.32 Å². The molecule has 3 N–H and O–H groups in total. The van der Waals surface area contributed by atoms with Crippen molar-refractivity contribution in [3.05, 3.63) is 29.6 Å². The van der Waals surface area contributed by atoms with Crippen LogP contribution in [0.5, 0.6) is 0 Å². The smallest absolute Gasteiger partial charge is 0.124 e. The Morgan fingerprint density at radius 3 is 3.00 bits per heavy atom. The molecule has 0 radical (unpaired) electrons. The molecular formula is C13H17FN2OS. The summed E-state index contributed by atoms with van der Waals surface area (Å²) in [5.41, 5.74) is 6.97. The van der Waals surface area contributed by atoms with Crippen LogP contribution in [0.3, 0.4) is 0 Å². The Morgan fingerprint density at radius 2 is 2.33 bits per heavy atom. The number of nitrogens with one attached hydrogen (secondary N) is 1. The molecule has 0 bridgehead atoms. The fourth-order valence-electron chi connectivity index (χ4n) is 2.20. The van der Waals surface area contributed by atoms with Crippen molar-refractivity contribution in [2.75, 3.05) is 11.9 Å². The molecule has 1 heterocycles. The SMILES string of the molecule is CC1CC(Nc2ccc(F)cc2C(N)=S)CCO1. The van der Waals surface area contributed by atoms with E-state index >= 15 is 0 Å². The Kier molecular flexibility index (Phi) is 4.14. The van der Waals surface area contributed by atoms with Gasteiger partial charge in [-0.2, -0.15) is 0 Å². The predicted octanol–water partition coefficient (Wildman–Crippen LogP) is 2.44. The Labute approximate surface area is 112 Å². The minimum Gasteiger partial charge on any atom is -0.389 e. The molecule has 1 aromatic rings. The highest BCUT2D eigenvalue weighted by molar-refractivity contribution is 7.80. The molecule has 0 amide bonds. The van der Waals surface area contributed by atoms with Gasteiger partial charge in [-0.05, 0) is 38.0 Å². The van der Waals surface area contributed by atoms with Crippen molar-refractivity contribution < 1.29 is 9.13 Å². The first-order valence-electron chi connectivity index (χ1n) is 6.03. The molecule has 0 spiro atoms. The molecule has 2 rings (SSSR count). The van der Waals surface area contributed by atoms with Crippen LogP contribution in [0.15, 0.2) is 18.2 Å². The van der Waals surface area contributed by atoms with Crippen LogP contribution in [0, 0.1) is 5.82 Å². The molecule has 2 unspecified atom stereocenters. The van der Waals surface area contributed by atoms with Crippen LogP contribution in [0.4, 0.5) is 10.1 Å². The summed E-state index contributed by atoms with van der Waals surface area (Å²) in [6.07, 6.45) is 2.09. The maximum absolute atomic E-state index is 13.2. The standard InChI is InChI=1S/C13H17FN2OS/c1-8-6-10(4-5-17-8)16-12-3-2-9(14)7-11(12)13(15)18/h2-3,7-8,10,16H,4-6H2,1H3,(H2,15,18). The third-order valence-corrected chi connectivity index (χ3v) is 3.31. The number of anilines is 1. The minimum atomic E-state index is -0.330. The second-order valence-electron chi connectivity index (χ2n) is 4.60. The van der Waals surface area contributed by atoms with Crippen molar-refractivity contribution in [3.8, 4) is 0 Å². The molecule has 1 aliphatic heterocycles. The number of nitrogens with two attached hydrogens (primary N) is 1. The van der Waals surface area contributed by atoms with Crippen molar-refractivity contribution >= 4 is 22.9 Å². The lowest BCUT2D eigenvalue weighted by Crippen LogP contribution is -2.33. The van der Waals surface area contributed by atoms with Gasteiger partial charge in [0.15, 0.2) is 0 Å². The summed E-state index contributed by atoms with van der Waals surface area (Å²) in [4.78, 5) is 0.206. The molecule has 3 nitrogen and oxygen atoms in total. The fourth-order valence-corrected chi connectivity index (χ4v) is 2.36. The van der Waals surface area contributed by atoms with Crippen molar-refractivity contribution in [3.63, 3.8) is 0 Å². The summed E-state index contributed by atoms with van der Waals surface area (Å²) in [5, 5.41) is 3.37. The normalized spacial score (nSPS) is 23.7. The zero-order valence-corrected chi connectivity index (χ0v) is 11.1. The van der Waals surface area contributed by atoms with E-state index in [1.165, 1.54) is 12.1 Å². The summed E-state index contributed by atoms with van der Waals surface area (Å²) < 4.78 is 18.7. The zero-order valence-electron chi connectivity index (χ0n) is 10.3. The monoisotopic (exact) mass is 268 g/mol. The molecule has 1 fully saturated rings. The maximum atomic E-state index is 13.2. The maximum Gasteiger partial charge on any atom is 0.124 e. The van der Waals surface area contributed by atoms with Crippen molar-refractivity contribution in [2.24, 2.45) is 5.73 Å². The summed E-state index contributed by atoms with van der Waals surface area (Å²) in [6.45, 7) is 2.79. The second kappa shape index (κ2) is 5.63. The van der Waals surface area contributed by atoms with Crippen LogP contribution in [0.1, 0.15) is 25.3 Å². The van der Waals surface area contributed by atoms with E-state index in [1.807, 2.05) is 6.92 Å². The number of hydrogen-bond acceptors (Lipinski definition) is 3. The van der Waals surface area contributed by atoms with Crippen LogP contribution in [-0.2, 0) is 4.74 Å². The van der Waals surface area contributed by atoms with Gasteiger partial charge >= 0.3 is 0 Å². The van der Waals surface area contributed by atoms with Crippen molar-refractivity contribution in [2.45, 2.75) is 31.9 Å². The van der Waals surface area contributed by atoms with Gasteiger partial charge < -0.3 is 15.8 Å². The van der Waals surface area contributed by atoms with Crippen LogP contribution in [0.25, 0.3) is 0 Å². The molecule has 1 aliphatic rings. The predicted molar refractivity (Wildman–Crippen MR) is 74.3 cm³/mol. The van der Waals surface area contributed by atoms with Gasteiger partial charge in [-0.25, -0.2) is 4.39 Å². The van der Waals surface area contributed by atoms with E-state index in [0.29, 0.717) is 11.6 Å². The Morgan fingerprint density at radius 1 is 1.56 bits per heavy atom. The first-order valence-corrected chi connectivity index (χ1v) is 6.44. The number of thiocarbonyl (C=S) groups is 1. The molecule has 2 atom stereocenters. The fraction of sp³-hybridized carbons (Fsp3) is 0.462. The summed E-state index contributed by atoms with van der Waals surface area (Å²) in [5.74, 6) is -0.330. The number of hydrogen-bond donors (Lipinski definition) is 2. The quantitative estimate of drug-likeness (QED) is 0.827. The summed E-state index contributed by atoms with van der Waals surface area (Å²) >= 11 is 4.95. The summed E-state index contributed by atoms with van der Waals surface area (Å²) in [7, 11) is 0. The Bertz CT molecular complexity index is 453. The van der Waals surface area contributed by atoms with Gasteiger partial charge in [0, 0.05) is 23.9 Å². The van der Waals surface area contributed by atoms with Gasteiger partial charge in [0.25, 0.3) is 0 Å². The first kappa shape index (κ1) is 13.2. The molecular weight excluding hydrogens is 251 g/mol. The molecule has 0 aliphatic carbocycles. The molecule has 98 valence electrons. The second-order valence-corrected chi connectivity index (χ2v) is 5.04. The van der Waals surface area contributed by atoms with Crippen molar-refractivity contribution in [1.82, 2.24) is 0 Å². The van der Waals surface area contributed by atoms with Gasteiger partial charge in [0.05, 0.1) is 6.10 Å². The highest BCUT2D eigenvalue weighted by atomic mass is 32.1. The topological polar surface area (TPSA) is 47.3 Å².